The number of nitrogens with one attached hydrogen (secondary N) is 2. The number of hydrogen-bond acceptors (Lipinski definition) is 4. The van der Waals surface area contributed by atoms with Gasteiger partial charge in [0.05, 0.1) is 17.4 Å². The van der Waals surface area contributed by atoms with Crippen LogP contribution in [0, 0.1) is 5.92 Å². The van der Waals surface area contributed by atoms with E-state index >= 15 is 0 Å². The third-order valence-corrected chi connectivity index (χ3v) is 6.87. The van der Waals surface area contributed by atoms with Gasteiger partial charge in [0.15, 0.2) is 0 Å². The number of anilines is 1. The molecule has 8 heteroatoms. The van der Waals surface area contributed by atoms with Crippen LogP contribution in [0.4, 0.5) is 5.69 Å². The summed E-state index contributed by atoms with van der Waals surface area (Å²) in [6.07, 6.45) is 6.88. The van der Waals surface area contributed by atoms with Crippen LogP contribution in [0.1, 0.15) is 52.8 Å². The summed E-state index contributed by atoms with van der Waals surface area (Å²) in [7, 11) is 0. The molecule has 2 heterocycles. The number of H-pyrrole nitrogens is 1. The third kappa shape index (κ3) is 4.66. The number of fused-ring (bicyclic) bond motifs is 1. The second-order valence-corrected chi connectivity index (χ2v) is 9.12. The van der Waals surface area contributed by atoms with Gasteiger partial charge in [-0.25, -0.2) is 4.98 Å². The molecular formula is C26H29N5O3. The fourth-order valence-electron chi connectivity index (χ4n) is 4.89. The Balaban J connectivity index is 1.18. The van der Waals surface area contributed by atoms with Gasteiger partial charge in [0, 0.05) is 48.9 Å². The molecule has 2 N–H and O–H groups in total. The lowest BCUT2D eigenvalue weighted by atomic mass is 9.88. The summed E-state index contributed by atoms with van der Waals surface area (Å²) >= 11 is 0. The number of amides is 3. The second kappa shape index (κ2) is 9.67. The smallest absolute Gasteiger partial charge is 0.254 e. The Kier molecular flexibility index (Phi) is 6.29. The van der Waals surface area contributed by atoms with Gasteiger partial charge in [-0.3, -0.25) is 14.4 Å². The lowest BCUT2D eigenvalue weighted by Gasteiger charge is -2.35. The van der Waals surface area contributed by atoms with Crippen molar-refractivity contribution in [2.75, 3.05) is 31.5 Å². The van der Waals surface area contributed by atoms with E-state index < -0.39 is 0 Å². The van der Waals surface area contributed by atoms with E-state index in [-0.39, 0.29) is 23.6 Å². The Labute approximate surface area is 198 Å². The van der Waals surface area contributed by atoms with Crippen molar-refractivity contribution in [3.05, 3.63) is 59.9 Å². The average Bonchev–Trinajstić information content (AvgIpc) is 3.37. The number of carbonyl (C=O) groups is 3. The molecule has 176 valence electrons. The zero-order valence-corrected chi connectivity index (χ0v) is 19.1. The minimum Gasteiger partial charge on any atom is -0.345 e. The lowest BCUT2D eigenvalue weighted by Crippen LogP contribution is -2.50. The monoisotopic (exact) mass is 459 g/mol. The summed E-state index contributed by atoms with van der Waals surface area (Å²) in [6.45, 7) is 1.89. The van der Waals surface area contributed by atoms with Crippen molar-refractivity contribution in [3.8, 4) is 0 Å². The van der Waals surface area contributed by atoms with Crippen LogP contribution in [0.3, 0.4) is 0 Å². The number of piperazine rings is 1. The van der Waals surface area contributed by atoms with Gasteiger partial charge in [-0.05, 0) is 49.2 Å². The predicted molar refractivity (Wildman–Crippen MR) is 130 cm³/mol. The van der Waals surface area contributed by atoms with Crippen LogP contribution >= 0.6 is 0 Å². The van der Waals surface area contributed by atoms with Gasteiger partial charge in [0.2, 0.25) is 5.91 Å². The molecule has 0 bridgehead atoms. The zero-order valence-electron chi connectivity index (χ0n) is 19.1. The first-order valence-corrected chi connectivity index (χ1v) is 12.0. The molecule has 1 saturated carbocycles. The Morgan fingerprint density at radius 3 is 2.24 bits per heavy atom. The van der Waals surface area contributed by atoms with E-state index in [2.05, 4.69) is 15.3 Å². The van der Waals surface area contributed by atoms with Crippen molar-refractivity contribution < 1.29 is 14.4 Å². The summed E-state index contributed by atoms with van der Waals surface area (Å²) in [4.78, 5) is 49.4. The lowest BCUT2D eigenvalue weighted by molar-refractivity contribution is -0.120. The molecule has 2 aromatic carbocycles. The second-order valence-electron chi connectivity index (χ2n) is 9.12. The van der Waals surface area contributed by atoms with Gasteiger partial charge in [-0.2, -0.15) is 0 Å². The summed E-state index contributed by atoms with van der Waals surface area (Å²) in [5.74, 6) is -0.0202. The van der Waals surface area contributed by atoms with E-state index in [4.69, 9.17) is 0 Å². The van der Waals surface area contributed by atoms with Crippen molar-refractivity contribution in [3.63, 3.8) is 0 Å². The van der Waals surface area contributed by atoms with Crippen molar-refractivity contribution in [2.45, 2.75) is 32.1 Å². The predicted octanol–water partition coefficient (Wildman–Crippen LogP) is 3.68. The Morgan fingerprint density at radius 1 is 0.853 bits per heavy atom. The van der Waals surface area contributed by atoms with Crippen molar-refractivity contribution in [2.24, 2.45) is 5.92 Å². The molecule has 2 fully saturated rings. The highest BCUT2D eigenvalue weighted by Gasteiger charge is 2.26. The molecule has 0 unspecified atom stereocenters. The molecule has 2 aliphatic rings. The minimum atomic E-state index is -0.0836. The number of benzene rings is 2. The Hall–Kier alpha value is -3.68. The van der Waals surface area contributed by atoms with Crippen molar-refractivity contribution in [1.82, 2.24) is 19.8 Å². The largest absolute Gasteiger partial charge is 0.345 e. The third-order valence-electron chi connectivity index (χ3n) is 6.87. The van der Waals surface area contributed by atoms with Gasteiger partial charge in [-0.1, -0.05) is 25.3 Å². The van der Waals surface area contributed by atoms with E-state index in [0.29, 0.717) is 43.0 Å². The van der Waals surface area contributed by atoms with Crippen molar-refractivity contribution >= 4 is 34.4 Å². The summed E-state index contributed by atoms with van der Waals surface area (Å²) < 4.78 is 0. The van der Waals surface area contributed by atoms with Crippen LogP contribution in [-0.4, -0.2) is 63.7 Å². The fourth-order valence-corrected chi connectivity index (χ4v) is 4.89. The van der Waals surface area contributed by atoms with Gasteiger partial charge in [0.25, 0.3) is 11.8 Å². The molecule has 0 radical (unpaired) electrons. The minimum absolute atomic E-state index is 0.0454. The van der Waals surface area contributed by atoms with Crippen molar-refractivity contribution in [1.29, 1.82) is 0 Å². The maximum absolute atomic E-state index is 13.1. The fraction of sp³-hybridized carbons (Fsp3) is 0.385. The number of aromatic nitrogens is 2. The first-order valence-electron chi connectivity index (χ1n) is 12.0. The topological polar surface area (TPSA) is 98.4 Å². The van der Waals surface area contributed by atoms with E-state index in [0.717, 1.165) is 36.7 Å². The van der Waals surface area contributed by atoms with Crippen LogP contribution in [0.25, 0.3) is 11.0 Å². The molecule has 3 aromatic rings. The quantitative estimate of drug-likeness (QED) is 0.622. The highest BCUT2D eigenvalue weighted by atomic mass is 16.2. The van der Waals surface area contributed by atoms with Crippen LogP contribution in [-0.2, 0) is 4.79 Å². The number of nitrogens with zero attached hydrogens (tertiary/aromatic N) is 3. The molecule has 8 nitrogen and oxygen atoms in total. The maximum Gasteiger partial charge on any atom is 0.254 e. The van der Waals surface area contributed by atoms with Crippen LogP contribution in [0.2, 0.25) is 0 Å². The number of rotatable bonds is 4. The molecule has 1 saturated heterocycles. The average molecular weight is 460 g/mol. The highest BCUT2D eigenvalue weighted by Crippen LogP contribution is 2.25. The Morgan fingerprint density at radius 2 is 1.53 bits per heavy atom. The summed E-state index contributed by atoms with van der Waals surface area (Å²) in [5.41, 5.74) is 3.47. The molecule has 1 aliphatic heterocycles. The molecule has 5 rings (SSSR count). The first-order chi connectivity index (χ1) is 16.6. The van der Waals surface area contributed by atoms with Crippen LogP contribution < -0.4 is 5.32 Å². The van der Waals surface area contributed by atoms with E-state index in [9.17, 15) is 14.4 Å². The zero-order chi connectivity index (χ0) is 23.5. The molecular weight excluding hydrogens is 430 g/mol. The molecule has 0 atom stereocenters. The number of hydrogen-bond donors (Lipinski definition) is 2. The van der Waals surface area contributed by atoms with Crippen LogP contribution in [0.15, 0.2) is 48.8 Å². The standard InChI is InChI=1S/C26H29N5O3/c32-24(18-5-2-1-3-6-18)29-21-8-4-7-19(15-21)25(33)30-11-13-31(14-12-30)26(34)20-9-10-22-23(16-20)28-17-27-22/h4,7-10,15-18H,1-3,5-6,11-14H2,(H,27,28)(H,29,32). The highest BCUT2D eigenvalue weighted by molar-refractivity contribution is 5.99. The molecule has 34 heavy (non-hydrogen) atoms. The van der Waals surface area contributed by atoms with Crippen LogP contribution in [0.5, 0.6) is 0 Å². The van der Waals surface area contributed by atoms with E-state index in [1.165, 1.54) is 6.42 Å². The van der Waals surface area contributed by atoms with Gasteiger partial charge >= 0.3 is 0 Å². The molecule has 1 aliphatic carbocycles. The van der Waals surface area contributed by atoms with E-state index in [1.54, 1.807) is 40.4 Å². The summed E-state index contributed by atoms with van der Waals surface area (Å²) in [5, 5.41) is 2.99. The molecule has 1 aromatic heterocycles. The van der Waals surface area contributed by atoms with E-state index in [1.807, 2.05) is 18.2 Å². The number of aromatic amines is 1. The number of carbonyl (C=O) groups excluding carboxylic acids is 3. The Bertz CT molecular complexity index is 1210. The maximum atomic E-state index is 13.1. The first kappa shape index (κ1) is 22.1. The summed E-state index contributed by atoms with van der Waals surface area (Å²) in [6, 6.07) is 12.6. The normalized spacial score (nSPS) is 17.1. The SMILES string of the molecule is O=C(Nc1cccc(C(=O)N2CCN(C(=O)c3ccc4nc[nH]c4c3)CC2)c1)C1CCCCC1. The van der Waals surface area contributed by atoms with Gasteiger partial charge in [-0.15, -0.1) is 0 Å². The van der Waals surface area contributed by atoms with Gasteiger partial charge in [0.1, 0.15) is 0 Å². The number of imidazole rings is 1. The van der Waals surface area contributed by atoms with Gasteiger partial charge < -0.3 is 20.1 Å². The molecule has 0 spiro atoms. The molecule has 3 amide bonds.